The highest BCUT2D eigenvalue weighted by molar-refractivity contribution is 5.93. The summed E-state index contributed by atoms with van der Waals surface area (Å²) >= 11 is 0. The number of carbonyl (C=O) groups excluding carboxylic acids is 2. The standard InChI is InChI=1S/C23H29N5O2/c1-2-16-6-3-9-19(12-16)25-22(29)18-8-5-11-28(15-18)23(30)21-13-20(26-27-21)17-7-4-10-24-14-17/h3-4,6-7,9-10,12,14,18,20-21,26-27H,2,5,8,11,13,15H2,1H3,(H,25,29). The average molecular weight is 408 g/mol. The largest absolute Gasteiger partial charge is 0.341 e. The fourth-order valence-electron chi connectivity index (χ4n) is 4.24. The number of amides is 2. The summed E-state index contributed by atoms with van der Waals surface area (Å²) in [7, 11) is 0. The van der Waals surface area contributed by atoms with Gasteiger partial charge in [-0.2, -0.15) is 0 Å². The number of piperidine rings is 1. The molecule has 7 heteroatoms. The molecule has 1 aromatic carbocycles. The maximum absolute atomic E-state index is 13.1. The van der Waals surface area contributed by atoms with Crippen molar-refractivity contribution in [1.29, 1.82) is 0 Å². The molecule has 2 aromatic rings. The number of hydrazine groups is 1. The van der Waals surface area contributed by atoms with E-state index in [1.54, 1.807) is 6.20 Å². The number of anilines is 1. The zero-order chi connectivity index (χ0) is 20.9. The Kier molecular flexibility index (Phi) is 6.40. The average Bonchev–Trinajstić information content (AvgIpc) is 3.30. The molecular formula is C23H29N5O2. The van der Waals surface area contributed by atoms with E-state index in [1.807, 2.05) is 41.4 Å². The summed E-state index contributed by atoms with van der Waals surface area (Å²) in [4.78, 5) is 31.9. The van der Waals surface area contributed by atoms with Crippen molar-refractivity contribution in [3.8, 4) is 0 Å². The Balaban J connectivity index is 1.34. The fraction of sp³-hybridized carbons (Fsp3) is 0.435. The van der Waals surface area contributed by atoms with Gasteiger partial charge in [-0.15, -0.1) is 0 Å². The second kappa shape index (κ2) is 9.36. The van der Waals surface area contributed by atoms with Crippen molar-refractivity contribution in [1.82, 2.24) is 20.7 Å². The molecule has 7 nitrogen and oxygen atoms in total. The summed E-state index contributed by atoms with van der Waals surface area (Å²) < 4.78 is 0. The van der Waals surface area contributed by atoms with Gasteiger partial charge in [-0.25, -0.2) is 10.9 Å². The third-order valence-electron chi connectivity index (χ3n) is 5.99. The van der Waals surface area contributed by atoms with Gasteiger partial charge < -0.3 is 10.2 Å². The van der Waals surface area contributed by atoms with Crippen LogP contribution in [0.3, 0.4) is 0 Å². The fourth-order valence-corrected chi connectivity index (χ4v) is 4.24. The minimum absolute atomic E-state index is 0.00787. The monoisotopic (exact) mass is 407 g/mol. The van der Waals surface area contributed by atoms with Crippen LogP contribution in [0, 0.1) is 5.92 Å². The van der Waals surface area contributed by atoms with Gasteiger partial charge >= 0.3 is 0 Å². The van der Waals surface area contributed by atoms with Crippen LogP contribution >= 0.6 is 0 Å². The maximum Gasteiger partial charge on any atom is 0.241 e. The first kappa shape index (κ1) is 20.5. The van der Waals surface area contributed by atoms with E-state index in [0.29, 0.717) is 19.5 Å². The second-order valence-corrected chi connectivity index (χ2v) is 8.08. The molecule has 2 aliphatic heterocycles. The number of carbonyl (C=O) groups is 2. The molecule has 158 valence electrons. The van der Waals surface area contributed by atoms with Crippen molar-refractivity contribution in [2.75, 3.05) is 18.4 Å². The van der Waals surface area contributed by atoms with Crippen LogP contribution in [-0.2, 0) is 16.0 Å². The number of benzene rings is 1. The normalized spacial score (nSPS) is 23.9. The predicted octanol–water partition coefficient (Wildman–Crippen LogP) is 2.43. The second-order valence-electron chi connectivity index (χ2n) is 8.08. The number of nitrogens with one attached hydrogen (secondary N) is 3. The van der Waals surface area contributed by atoms with Crippen LogP contribution in [0.15, 0.2) is 48.8 Å². The summed E-state index contributed by atoms with van der Waals surface area (Å²) in [6.45, 7) is 3.26. The summed E-state index contributed by atoms with van der Waals surface area (Å²) in [6, 6.07) is 11.6. The van der Waals surface area contributed by atoms with Crippen molar-refractivity contribution in [3.05, 3.63) is 59.9 Å². The molecule has 0 aliphatic carbocycles. The lowest BCUT2D eigenvalue weighted by molar-refractivity contribution is -0.136. The SMILES string of the molecule is CCc1cccc(NC(=O)C2CCCN(C(=O)C3CC(c4cccnc4)NN3)C2)c1. The predicted molar refractivity (Wildman–Crippen MR) is 115 cm³/mol. The Morgan fingerprint density at radius 3 is 2.93 bits per heavy atom. The molecule has 2 saturated heterocycles. The van der Waals surface area contributed by atoms with Crippen LogP contribution < -0.4 is 16.2 Å². The molecule has 2 fully saturated rings. The highest BCUT2D eigenvalue weighted by Crippen LogP contribution is 2.25. The smallest absolute Gasteiger partial charge is 0.241 e. The van der Waals surface area contributed by atoms with E-state index in [2.05, 4.69) is 34.1 Å². The van der Waals surface area contributed by atoms with Crippen molar-refractivity contribution < 1.29 is 9.59 Å². The van der Waals surface area contributed by atoms with Crippen molar-refractivity contribution in [3.63, 3.8) is 0 Å². The third-order valence-corrected chi connectivity index (χ3v) is 5.99. The molecule has 2 aliphatic rings. The first-order valence-corrected chi connectivity index (χ1v) is 10.7. The van der Waals surface area contributed by atoms with Gasteiger partial charge in [-0.3, -0.25) is 14.6 Å². The summed E-state index contributed by atoms with van der Waals surface area (Å²) in [6.07, 6.45) is 6.80. The Morgan fingerprint density at radius 2 is 2.13 bits per heavy atom. The van der Waals surface area contributed by atoms with Gasteiger partial charge in [0.1, 0.15) is 6.04 Å². The molecule has 3 N–H and O–H groups in total. The van der Waals surface area contributed by atoms with Crippen LogP contribution in [0.25, 0.3) is 0 Å². The number of hydrogen-bond acceptors (Lipinski definition) is 5. The number of rotatable bonds is 5. The van der Waals surface area contributed by atoms with Crippen molar-refractivity contribution in [2.45, 2.75) is 44.7 Å². The molecule has 3 unspecified atom stereocenters. The first-order chi connectivity index (χ1) is 14.6. The first-order valence-electron chi connectivity index (χ1n) is 10.7. The van der Waals surface area contributed by atoms with E-state index in [4.69, 9.17) is 0 Å². The van der Waals surface area contributed by atoms with Crippen LogP contribution in [0.5, 0.6) is 0 Å². The highest BCUT2D eigenvalue weighted by Gasteiger charge is 2.36. The van der Waals surface area contributed by atoms with Crippen molar-refractivity contribution >= 4 is 17.5 Å². The Labute approximate surface area is 177 Å². The van der Waals surface area contributed by atoms with Crippen LogP contribution in [0.1, 0.15) is 43.4 Å². The van der Waals surface area contributed by atoms with Gasteiger partial charge in [0, 0.05) is 37.2 Å². The van der Waals surface area contributed by atoms with Crippen molar-refractivity contribution in [2.24, 2.45) is 5.92 Å². The summed E-state index contributed by atoms with van der Waals surface area (Å²) in [5, 5.41) is 3.03. The van der Waals surface area contributed by atoms with Gasteiger partial charge in [0.2, 0.25) is 11.8 Å². The van der Waals surface area contributed by atoms with E-state index in [0.717, 1.165) is 30.5 Å². The lowest BCUT2D eigenvalue weighted by Gasteiger charge is -2.33. The molecule has 0 spiro atoms. The zero-order valence-corrected chi connectivity index (χ0v) is 17.3. The molecule has 2 amide bonds. The number of hydrogen-bond donors (Lipinski definition) is 3. The number of likely N-dealkylation sites (tertiary alicyclic amines) is 1. The zero-order valence-electron chi connectivity index (χ0n) is 17.3. The van der Waals surface area contributed by atoms with E-state index in [-0.39, 0.29) is 29.8 Å². The molecule has 0 bridgehead atoms. The Morgan fingerprint density at radius 1 is 1.23 bits per heavy atom. The van der Waals surface area contributed by atoms with E-state index in [9.17, 15) is 9.59 Å². The molecule has 4 rings (SSSR count). The summed E-state index contributed by atoms with van der Waals surface area (Å²) in [5.74, 6) is -0.137. The number of aromatic nitrogens is 1. The number of nitrogens with zero attached hydrogens (tertiary/aromatic N) is 2. The molecular weight excluding hydrogens is 378 g/mol. The Hall–Kier alpha value is -2.77. The molecule has 30 heavy (non-hydrogen) atoms. The Bertz CT molecular complexity index is 888. The van der Waals surface area contributed by atoms with E-state index < -0.39 is 0 Å². The van der Waals surface area contributed by atoms with E-state index >= 15 is 0 Å². The van der Waals surface area contributed by atoms with Gasteiger partial charge in [-0.05, 0) is 55.0 Å². The van der Waals surface area contributed by atoms with Gasteiger partial charge in [0.05, 0.1) is 5.92 Å². The highest BCUT2D eigenvalue weighted by atomic mass is 16.2. The number of aryl methyl sites for hydroxylation is 1. The number of pyridine rings is 1. The quantitative estimate of drug-likeness (QED) is 0.709. The van der Waals surface area contributed by atoms with Crippen LogP contribution in [-0.4, -0.2) is 40.8 Å². The van der Waals surface area contributed by atoms with Gasteiger partial charge in [0.15, 0.2) is 0 Å². The van der Waals surface area contributed by atoms with Crippen LogP contribution in [0.2, 0.25) is 0 Å². The van der Waals surface area contributed by atoms with E-state index in [1.165, 1.54) is 5.56 Å². The topological polar surface area (TPSA) is 86.4 Å². The maximum atomic E-state index is 13.1. The molecule has 0 saturated carbocycles. The summed E-state index contributed by atoms with van der Waals surface area (Å²) in [5.41, 5.74) is 9.41. The molecule has 0 radical (unpaired) electrons. The molecule has 3 heterocycles. The lowest BCUT2D eigenvalue weighted by Crippen LogP contribution is -2.50. The molecule has 3 atom stereocenters. The molecule has 1 aromatic heterocycles. The third kappa shape index (κ3) is 4.68. The van der Waals surface area contributed by atoms with Gasteiger partial charge in [0.25, 0.3) is 0 Å². The minimum atomic E-state index is -0.293. The van der Waals surface area contributed by atoms with Crippen LogP contribution in [0.4, 0.5) is 5.69 Å². The minimum Gasteiger partial charge on any atom is -0.341 e. The van der Waals surface area contributed by atoms with Gasteiger partial charge in [-0.1, -0.05) is 25.1 Å². The lowest BCUT2D eigenvalue weighted by atomic mass is 9.95.